The summed E-state index contributed by atoms with van der Waals surface area (Å²) in [5, 5.41) is 12.0. The summed E-state index contributed by atoms with van der Waals surface area (Å²) in [4.78, 5) is 0. The van der Waals surface area contributed by atoms with Crippen LogP contribution in [0.4, 0.5) is 0 Å². The van der Waals surface area contributed by atoms with Crippen LogP contribution in [0.1, 0.15) is 16.7 Å². The minimum Gasteiger partial charge on any atom is -0.493 e. The van der Waals surface area contributed by atoms with E-state index >= 15 is 0 Å². The molecular weight excluding hydrogens is 485 g/mol. The molecule has 0 radical (unpaired) electrons. The topological polar surface area (TPSA) is 50.7 Å². The zero-order chi connectivity index (χ0) is 17.4. The van der Waals surface area contributed by atoms with Crippen molar-refractivity contribution in [3.8, 4) is 11.5 Å². The van der Waals surface area contributed by atoms with Gasteiger partial charge in [0.2, 0.25) is 0 Å². The first kappa shape index (κ1) is 19.5. The fourth-order valence-corrected chi connectivity index (χ4v) is 3.65. The molecule has 2 aromatic rings. The number of methoxy groups -OCH3 is 1. The molecule has 2 N–H and O–H groups in total. The number of aliphatic hydroxyl groups is 1. The third-order valence-electron chi connectivity index (χ3n) is 3.54. The molecule has 130 valence electrons. The van der Waals surface area contributed by atoms with Gasteiger partial charge in [-0.2, -0.15) is 0 Å². The molecule has 0 aliphatic rings. The summed E-state index contributed by atoms with van der Waals surface area (Å²) in [7, 11) is 1.64. The van der Waals surface area contributed by atoms with Crippen molar-refractivity contribution in [3.05, 3.63) is 57.6 Å². The smallest absolute Gasteiger partial charge is 0.175 e. The number of halogens is 2. The average Bonchev–Trinajstić information content (AvgIpc) is 2.61. The Kier molecular flexibility index (Phi) is 8.31. The van der Waals surface area contributed by atoms with Crippen LogP contribution >= 0.6 is 38.5 Å². The Morgan fingerprint density at radius 2 is 1.96 bits per heavy atom. The van der Waals surface area contributed by atoms with Crippen molar-refractivity contribution in [1.29, 1.82) is 0 Å². The quantitative estimate of drug-likeness (QED) is 0.306. The molecule has 0 aromatic heterocycles. The first-order valence-electron chi connectivity index (χ1n) is 7.63. The van der Waals surface area contributed by atoms with Crippen molar-refractivity contribution >= 4 is 38.5 Å². The Morgan fingerprint density at radius 3 is 2.62 bits per heavy atom. The van der Waals surface area contributed by atoms with Crippen LogP contribution in [0.3, 0.4) is 0 Å². The molecule has 0 aliphatic carbocycles. The summed E-state index contributed by atoms with van der Waals surface area (Å²) in [6, 6.07) is 12.2. The van der Waals surface area contributed by atoms with Crippen molar-refractivity contribution < 1.29 is 14.6 Å². The van der Waals surface area contributed by atoms with Gasteiger partial charge in [-0.1, -0.05) is 46.9 Å². The van der Waals surface area contributed by atoms with Gasteiger partial charge in [-0.25, -0.2) is 0 Å². The molecule has 0 heterocycles. The maximum atomic E-state index is 8.85. The lowest BCUT2D eigenvalue weighted by Gasteiger charge is -2.16. The highest BCUT2D eigenvalue weighted by Gasteiger charge is 2.12. The zero-order valence-corrected chi connectivity index (χ0v) is 17.3. The number of nitrogens with one attached hydrogen (secondary N) is 1. The monoisotopic (exact) mass is 505 g/mol. The van der Waals surface area contributed by atoms with Gasteiger partial charge in [-0.3, -0.25) is 0 Å². The van der Waals surface area contributed by atoms with Gasteiger partial charge in [0.15, 0.2) is 11.5 Å². The molecule has 4 nitrogen and oxygen atoms in total. The first-order valence-corrected chi connectivity index (χ1v) is 9.95. The van der Waals surface area contributed by atoms with Gasteiger partial charge in [0.05, 0.1) is 18.2 Å². The Bertz CT molecular complexity index is 667. The van der Waals surface area contributed by atoms with Gasteiger partial charge in [-0.15, -0.1) is 0 Å². The highest BCUT2D eigenvalue weighted by Crippen LogP contribution is 2.37. The maximum absolute atomic E-state index is 8.85. The van der Waals surface area contributed by atoms with Gasteiger partial charge >= 0.3 is 0 Å². The highest BCUT2D eigenvalue weighted by atomic mass is 127. The second-order valence-electron chi connectivity index (χ2n) is 5.20. The molecule has 0 spiro atoms. The van der Waals surface area contributed by atoms with Crippen LogP contribution < -0.4 is 14.8 Å². The van der Waals surface area contributed by atoms with Crippen LogP contribution in [-0.4, -0.2) is 25.4 Å². The Hall–Kier alpha value is -0.830. The largest absolute Gasteiger partial charge is 0.493 e. The number of alkyl halides is 1. The SMILES string of the molecule is COc1cc(CNCCO)cc(Br)c1OCc1ccccc1CI. The summed E-state index contributed by atoms with van der Waals surface area (Å²) in [6.07, 6.45) is 0. The van der Waals surface area contributed by atoms with Crippen LogP contribution in [0.5, 0.6) is 11.5 Å². The van der Waals surface area contributed by atoms with E-state index in [0.717, 1.165) is 14.5 Å². The van der Waals surface area contributed by atoms with E-state index in [1.165, 1.54) is 11.1 Å². The molecule has 0 atom stereocenters. The van der Waals surface area contributed by atoms with Crippen molar-refractivity contribution in [2.45, 2.75) is 17.6 Å². The molecule has 0 fully saturated rings. The standard InChI is InChI=1S/C18H21BrINO3/c1-23-17-9-13(11-21-6-7-22)8-16(19)18(17)24-12-15-5-3-2-4-14(15)10-20/h2-5,8-9,21-22H,6-7,10-12H2,1H3. The lowest BCUT2D eigenvalue weighted by atomic mass is 10.1. The number of ether oxygens (including phenoxy) is 2. The fraction of sp³-hybridized carbons (Fsp3) is 0.333. The molecule has 0 aliphatic heterocycles. The number of rotatable bonds is 9. The van der Waals surface area contributed by atoms with Crippen LogP contribution in [0.2, 0.25) is 0 Å². The van der Waals surface area contributed by atoms with E-state index in [1.54, 1.807) is 7.11 Å². The zero-order valence-electron chi connectivity index (χ0n) is 13.5. The summed E-state index contributed by atoms with van der Waals surface area (Å²) in [5.74, 6) is 1.39. The Morgan fingerprint density at radius 1 is 1.21 bits per heavy atom. The van der Waals surface area contributed by atoms with Crippen molar-refractivity contribution in [2.75, 3.05) is 20.3 Å². The summed E-state index contributed by atoms with van der Waals surface area (Å²) >= 11 is 5.93. The number of benzene rings is 2. The van der Waals surface area contributed by atoms with Crippen LogP contribution in [-0.2, 0) is 17.6 Å². The average molecular weight is 506 g/mol. The minimum atomic E-state index is 0.121. The summed E-state index contributed by atoms with van der Waals surface area (Å²) < 4.78 is 13.3. The molecule has 2 aromatic carbocycles. The second-order valence-corrected chi connectivity index (χ2v) is 6.82. The number of hydrogen-bond donors (Lipinski definition) is 2. The van der Waals surface area contributed by atoms with Gasteiger partial charge in [-0.05, 0) is 44.8 Å². The van der Waals surface area contributed by atoms with E-state index in [4.69, 9.17) is 14.6 Å². The molecule has 0 unspecified atom stereocenters. The van der Waals surface area contributed by atoms with Gasteiger partial charge in [0, 0.05) is 17.5 Å². The predicted octanol–water partition coefficient (Wildman–Crippen LogP) is 4.05. The molecule has 0 saturated heterocycles. The highest BCUT2D eigenvalue weighted by molar-refractivity contribution is 14.1. The molecule has 2 rings (SSSR count). The van der Waals surface area contributed by atoms with E-state index in [-0.39, 0.29) is 6.61 Å². The van der Waals surface area contributed by atoms with E-state index in [9.17, 15) is 0 Å². The normalized spacial score (nSPS) is 10.7. The van der Waals surface area contributed by atoms with Gasteiger partial charge in [0.25, 0.3) is 0 Å². The van der Waals surface area contributed by atoms with Crippen molar-refractivity contribution in [2.24, 2.45) is 0 Å². The van der Waals surface area contributed by atoms with Gasteiger partial charge < -0.3 is 19.9 Å². The van der Waals surface area contributed by atoms with Crippen LogP contribution in [0.15, 0.2) is 40.9 Å². The molecule has 0 bridgehead atoms. The maximum Gasteiger partial charge on any atom is 0.175 e. The molecular formula is C18H21BrINO3. The predicted molar refractivity (Wildman–Crippen MR) is 108 cm³/mol. The van der Waals surface area contributed by atoms with E-state index in [2.05, 4.69) is 56.0 Å². The molecule has 0 saturated carbocycles. The molecule has 6 heteroatoms. The number of hydrogen-bond acceptors (Lipinski definition) is 4. The van der Waals surface area contributed by atoms with Crippen LogP contribution in [0.25, 0.3) is 0 Å². The molecule has 0 amide bonds. The molecule has 24 heavy (non-hydrogen) atoms. The first-order chi connectivity index (χ1) is 11.7. The van der Waals surface area contributed by atoms with Gasteiger partial charge in [0.1, 0.15) is 6.61 Å². The Balaban J connectivity index is 2.14. The second kappa shape index (κ2) is 10.2. The van der Waals surface area contributed by atoms with E-state index in [1.807, 2.05) is 24.3 Å². The summed E-state index contributed by atoms with van der Waals surface area (Å²) in [5.41, 5.74) is 3.51. The Labute approximate surface area is 164 Å². The number of aliphatic hydroxyl groups excluding tert-OH is 1. The summed E-state index contributed by atoms with van der Waals surface area (Å²) in [6.45, 7) is 1.84. The lowest BCUT2D eigenvalue weighted by molar-refractivity contribution is 0.281. The van der Waals surface area contributed by atoms with Crippen LogP contribution in [0, 0.1) is 0 Å². The van der Waals surface area contributed by atoms with Crippen molar-refractivity contribution in [1.82, 2.24) is 5.32 Å². The van der Waals surface area contributed by atoms with Crippen molar-refractivity contribution in [3.63, 3.8) is 0 Å². The third kappa shape index (κ3) is 5.34. The lowest BCUT2D eigenvalue weighted by Crippen LogP contribution is -2.17. The fourth-order valence-electron chi connectivity index (χ4n) is 2.31. The van der Waals surface area contributed by atoms with E-state index in [0.29, 0.717) is 31.2 Å². The third-order valence-corrected chi connectivity index (χ3v) is 4.95. The van der Waals surface area contributed by atoms with E-state index < -0.39 is 0 Å². The minimum absolute atomic E-state index is 0.121.